The molecule has 1 unspecified atom stereocenters. The number of aromatic carboxylic acids is 1. The average Bonchev–Trinajstić information content (AvgIpc) is 2.81. The Balaban J connectivity index is 1.96. The topological polar surface area (TPSA) is 72.5 Å². The zero-order valence-corrected chi connectivity index (χ0v) is 10.9. The number of carbonyl (C=O) groups is 1. The van der Waals surface area contributed by atoms with Crippen molar-refractivity contribution in [1.82, 2.24) is 0 Å². The third-order valence-corrected chi connectivity index (χ3v) is 4.10. The number of benzene rings is 1. The number of ether oxygens (including phenoxy) is 1. The van der Waals surface area contributed by atoms with Crippen molar-refractivity contribution in [3.05, 3.63) is 29.3 Å². The molecule has 0 aromatic heterocycles. The van der Waals surface area contributed by atoms with Crippen LogP contribution in [0.2, 0.25) is 0 Å². The van der Waals surface area contributed by atoms with Gasteiger partial charge in [-0.3, -0.25) is 0 Å². The molecular weight excluding hydrogens is 250 g/mol. The quantitative estimate of drug-likeness (QED) is 0.801. The smallest absolute Gasteiger partial charge is 0.338 e. The van der Waals surface area contributed by atoms with Gasteiger partial charge in [-0.1, -0.05) is 12.1 Å². The first-order chi connectivity index (χ1) is 8.68. The highest BCUT2D eigenvalue weighted by molar-refractivity contribution is 7.98. The molecule has 1 aliphatic heterocycles. The maximum Gasteiger partial charge on any atom is 0.338 e. The zero-order valence-electron chi connectivity index (χ0n) is 10.1. The molecule has 0 saturated carbocycles. The summed E-state index contributed by atoms with van der Waals surface area (Å²) in [6, 6.07) is 5.24. The molecule has 0 amide bonds. The maximum absolute atomic E-state index is 11.1. The van der Waals surface area contributed by atoms with E-state index in [2.05, 4.69) is 0 Å². The molecule has 18 heavy (non-hydrogen) atoms. The molecule has 0 radical (unpaired) electrons. The van der Waals surface area contributed by atoms with Gasteiger partial charge in [0.2, 0.25) is 0 Å². The lowest BCUT2D eigenvalue weighted by Gasteiger charge is -2.11. The molecule has 1 aromatic rings. The zero-order chi connectivity index (χ0) is 13.0. The van der Waals surface area contributed by atoms with Gasteiger partial charge in [0.05, 0.1) is 11.7 Å². The summed E-state index contributed by atoms with van der Waals surface area (Å²) in [4.78, 5) is 11.1. The van der Waals surface area contributed by atoms with Gasteiger partial charge in [-0.15, -0.1) is 0 Å². The van der Waals surface area contributed by atoms with Crippen molar-refractivity contribution < 1.29 is 14.6 Å². The lowest BCUT2D eigenvalue weighted by atomic mass is 10.1. The van der Waals surface area contributed by atoms with E-state index in [9.17, 15) is 4.79 Å². The summed E-state index contributed by atoms with van der Waals surface area (Å²) < 4.78 is 5.53. The van der Waals surface area contributed by atoms with Crippen LogP contribution in [0.4, 0.5) is 5.69 Å². The summed E-state index contributed by atoms with van der Waals surface area (Å²) in [7, 11) is 0. The monoisotopic (exact) mass is 267 g/mol. The standard InChI is InChI=1S/C13H17NO3S/c14-11-5-1-3-9(12(11)13(15)16)7-18-8-10-4-2-6-17-10/h1,3,5,10H,2,4,6-8,14H2,(H,15,16). The van der Waals surface area contributed by atoms with Gasteiger partial charge in [0.25, 0.3) is 0 Å². The van der Waals surface area contributed by atoms with Gasteiger partial charge in [0.15, 0.2) is 0 Å². The van der Waals surface area contributed by atoms with Crippen LogP contribution in [0.3, 0.4) is 0 Å². The first-order valence-electron chi connectivity index (χ1n) is 5.98. The largest absolute Gasteiger partial charge is 0.478 e. The first-order valence-corrected chi connectivity index (χ1v) is 7.14. The van der Waals surface area contributed by atoms with Gasteiger partial charge in [-0.05, 0) is 24.5 Å². The van der Waals surface area contributed by atoms with E-state index in [1.165, 1.54) is 0 Å². The third kappa shape index (κ3) is 3.17. The minimum Gasteiger partial charge on any atom is -0.478 e. The Bertz CT molecular complexity index is 430. The normalized spacial score (nSPS) is 19.0. The van der Waals surface area contributed by atoms with Crippen molar-refractivity contribution >= 4 is 23.4 Å². The molecular formula is C13H17NO3S. The van der Waals surface area contributed by atoms with Gasteiger partial charge >= 0.3 is 5.97 Å². The van der Waals surface area contributed by atoms with E-state index in [0.29, 0.717) is 17.5 Å². The Morgan fingerprint density at radius 3 is 3.06 bits per heavy atom. The summed E-state index contributed by atoms with van der Waals surface area (Å²) in [6.07, 6.45) is 2.56. The third-order valence-electron chi connectivity index (χ3n) is 2.98. The second-order valence-corrected chi connectivity index (χ2v) is 5.37. The SMILES string of the molecule is Nc1cccc(CSCC2CCCO2)c1C(=O)O. The molecule has 1 aromatic carbocycles. The van der Waals surface area contributed by atoms with Gasteiger partial charge in [0.1, 0.15) is 0 Å². The number of thioether (sulfide) groups is 1. The molecule has 1 atom stereocenters. The number of carboxylic acid groups (broad SMARTS) is 1. The summed E-state index contributed by atoms with van der Waals surface area (Å²) in [5.74, 6) is 0.612. The molecule has 1 heterocycles. The van der Waals surface area contributed by atoms with E-state index < -0.39 is 5.97 Å². The van der Waals surface area contributed by atoms with Crippen LogP contribution in [-0.4, -0.2) is 29.5 Å². The summed E-state index contributed by atoms with van der Waals surface area (Å²) in [6.45, 7) is 0.851. The predicted octanol–water partition coefficient (Wildman–Crippen LogP) is 2.38. The number of rotatable bonds is 5. The van der Waals surface area contributed by atoms with Crippen LogP contribution < -0.4 is 5.73 Å². The molecule has 4 nitrogen and oxygen atoms in total. The highest BCUT2D eigenvalue weighted by Crippen LogP contribution is 2.24. The van der Waals surface area contributed by atoms with Crippen LogP contribution in [0.1, 0.15) is 28.8 Å². The molecule has 1 saturated heterocycles. The van der Waals surface area contributed by atoms with E-state index in [1.54, 1.807) is 23.9 Å². The van der Waals surface area contributed by atoms with Gasteiger partial charge < -0.3 is 15.6 Å². The Hall–Kier alpha value is -1.20. The van der Waals surface area contributed by atoms with Crippen LogP contribution in [0, 0.1) is 0 Å². The second kappa shape index (κ2) is 6.11. The fourth-order valence-corrected chi connectivity index (χ4v) is 3.18. The van der Waals surface area contributed by atoms with E-state index in [4.69, 9.17) is 15.6 Å². The van der Waals surface area contributed by atoms with E-state index in [1.807, 2.05) is 6.07 Å². The van der Waals surface area contributed by atoms with Crippen molar-refractivity contribution in [2.24, 2.45) is 0 Å². The molecule has 0 bridgehead atoms. The summed E-state index contributed by atoms with van der Waals surface area (Å²) in [5, 5.41) is 9.14. The average molecular weight is 267 g/mol. The molecule has 0 aliphatic carbocycles. The minimum atomic E-state index is -0.958. The Morgan fingerprint density at radius 1 is 1.56 bits per heavy atom. The van der Waals surface area contributed by atoms with Crippen molar-refractivity contribution in [3.8, 4) is 0 Å². The number of nitrogens with two attached hydrogens (primary N) is 1. The Kier molecular flexibility index (Phi) is 4.49. The molecule has 98 valence electrons. The first kappa shape index (κ1) is 13.2. The molecule has 0 spiro atoms. The minimum absolute atomic E-state index is 0.234. The molecule has 2 rings (SSSR count). The molecule has 1 aliphatic rings. The summed E-state index contributed by atoms with van der Waals surface area (Å²) in [5.41, 5.74) is 7.05. The highest BCUT2D eigenvalue weighted by atomic mass is 32.2. The lowest BCUT2D eigenvalue weighted by molar-refractivity contribution is 0.0697. The fourth-order valence-electron chi connectivity index (χ4n) is 2.08. The van der Waals surface area contributed by atoms with Gasteiger partial charge in [-0.2, -0.15) is 11.8 Å². The molecule has 3 N–H and O–H groups in total. The van der Waals surface area contributed by atoms with E-state index in [0.717, 1.165) is 30.8 Å². The number of hydrogen-bond acceptors (Lipinski definition) is 4. The van der Waals surface area contributed by atoms with Crippen LogP contribution in [0.15, 0.2) is 18.2 Å². The number of anilines is 1. The predicted molar refractivity (Wildman–Crippen MR) is 72.9 cm³/mol. The molecule has 5 heteroatoms. The Labute approximate surface area is 111 Å². The number of hydrogen-bond donors (Lipinski definition) is 2. The summed E-state index contributed by atoms with van der Waals surface area (Å²) >= 11 is 1.70. The maximum atomic E-state index is 11.1. The second-order valence-electron chi connectivity index (χ2n) is 4.34. The lowest BCUT2D eigenvalue weighted by Crippen LogP contribution is -2.09. The van der Waals surface area contributed by atoms with Crippen molar-refractivity contribution in [2.75, 3.05) is 18.1 Å². The van der Waals surface area contributed by atoms with Crippen molar-refractivity contribution in [3.63, 3.8) is 0 Å². The van der Waals surface area contributed by atoms with Gasteiger partial charge in [0, 0.05) is 23.8 Å². The van der Waals surface area contributed by atoms with Crippen LogP contribution in [0.25, 0.3) is 0 Å². The van der Waals surface area contributed by atoms with E-state index >= 15 is 0 Å². The van der Waals surface area contributed by atoms with Crippen LogP contribution >= 0.6 is 11.8 Å². The molecule has 1 fully saturated rings. The van der Waals surface area contributed by atoms with Crippen molar-refractivity contribution in [1.29, 1.82) is 0 Å². The van der Waals surface area contributed by atoms with Crippen LogP contribution in [-0.2, 0) is 10.5 Å². The van der Waals surface area contributed by atoms with Crippen LogP contribution in [0.5, 0.6) is 0 Å². The Morgan fingerprint density at radius 2 is 2.39 bits per heavy atom. The van der Waals surface area contributed by atoms with Gasteiger partial charge in [-0.25, -0.2) is 4.79 Å². The fraction of sp³-hybridized carbons (Fsp3) is 0.462. The van der Waals surface area contributed by atoms with Crippen molar-refractivity contribution in [2.45, 2.75) is 24.7 Å². The number of carboxylic acids is 1. The highest BCUT2D eigenvalue weighted by Gasteiger charge is 2.17. The van der Waals surface area contributed by atoms with E-state index in [-0.39, 0.29) is 5.56 Å². The number of nitrogen functional groups attached to an aromatic ring is 1.